The molecule has 0 saturated carbocycles. The summed E-state index contributed by atoms with van der Waals surface area (Å²) in [7, 11) is 5.24. The average molecular weight is 282 g/mol. The van der Waals surface area contributed by atoms with E-state index in [0.29, 0.717) is 19.0 Å². The molecule has 1 aromatic carbocycles. The molecule has 1 aromatic rings. The number of aromatic hydroxyl groups is 1. The highest BCUT2D eigenvalue weighted by molar-refractivity contribution is 5.54. The van der Waals surface area contributed by atoms with E-state index >= 15 is 0 Å². The lowest BCUT2D eigenvalue weighted by molar-refractivity contribution is 0.190. The molecule has 0 radical (unpaired) electrons. The molecule has 114 valence electrons. The lowest BCUT2D eigenvalue weighted by Crippen LogP contribution is -2.30. The van der Waals surface area contributed by atoms with E-state index in [9.17, 15) is 5.11 Å². The summed E-state index contributed by atoms with van der Waals surface area (Å²) in [5.74, 6) is 0.309. The summed E-state index contributed by atoms with van der Waals surface area (Å²) in [5, 5.41) is 13.3. The minimum Gasteiger partial charge on any atom is -0.508 e. The van der Waals surface area contributed by atoms with E-state index in [-0.39, 0.29) is 6.04 Å². The molecule has 0 heterocycles. The highest BCUT2D eigenvalue weighted by atomic mass is 16.5. The van der Waals surface area contributed by atoms with Crippen LogP contribution in [-0.2, 0) is 9.47 Å². The first-order valence-corrected chi connectivity index (χ1v) is 6.87. The van der Waals surface area contributed by atoms with Crippen molar-refractivity contribution in [1.82, 2.24) is 5.32 Å². The molecule has 0 aliphatic rings. The van der Waals surface area contributed by atoms with Gasteiger partial charge in [-0.3, -0.25) is 0 Å². The third-order valence-corrected chi connectivity index (χ3v) is 3.41. The molecule has 0 saturated heterocycles. The fraction of sp³-hybridized carbons (Fsp3) is 0.600. The molecule has 0 aromatic heterocycles. The van der Waals surface area contributed by atoms with E-state index in [1.54, 1.807) is 20.3 Å². The Bertz CT molecular complexity index is 391. The van der Waals surface area contributed by atoms with Gasteiger partial charge in [-0.25, -0.2) is 0 Å². The molecule has 0 fully saturated rings. The second-order valence-corrected chi connectivity index (χ2v) is 4.73. The number of hydrogen-bond acceptors (Lipinski definition) is 5. The van der Waals surface area contributed by atoms with Crippen LogP contribution in [0.2, 0.25) is 0 Å². The van der Waals surface area contributed by atoms with Crippen molar-refractivity contribution in [3.05, 3.63) is 23.8 Å². The zero-order chi connectivity index (χ0) is 15.0. The van der Waals surface area contributed by atoms with Crippen molar-refractivity contribution in [1.29, 1.82) is 0 Å². The Kier molecular flexibility index (Phi) is 7.36. The standard InChI is InChI=1S/C15H26N2O3/c1-12(16-2)14-6-5-13(11-15(14)18)17(7-9-19-3)8-10-20-4/h5-6,11-12,16,18H,7-10H2,1-4H3. The van der Waals surface area contributed by atoms with Crippen molar-refractivity contribution in [2.75, 3.05) is 52.5 Å². The normalized spacial score (nSPS) is 12.4. The van der Waals surface area contributed by atoms with Crippen molar-refractivity contribution in [2.24, 2.45) is 0 Å². The maximum atomic E-state index is 10.2. The summed E-state index contributed by atoms with van der Waals surface area (Å²) in [6, 6.07) is 5.90. The first kappa shape index (κ1) is 16.8. The molecule has 0 aliphatic heterocycles. The Morgan fingerprint density at radius 3 is 2.25 bits per heavy atom. The Morgan fingerprint density at radius 1 is 1.20 bits per heavy atom. The summed E-state index contributed by atoms with van der Waals surface area (Å²) in [5.41, 5.74) is 1.87. The molecule has 0 amide bonds. The quantitative estimate of drug-likeness (QED) is 0.723. The molecular formula is C15H26N2O3. The van der Waals surface area contributed by atoms with Gasteiger partial charge in [0.05, 0.1) is 13.2 Å². The predicted octanol–water partition coefficient (Wildman–Crippen LogP) is 1.77. The van der Waals surface area contributed by atoms with Crippen LogP contribution in [0, 0.1) is 0 Å². The average Bonchev–Trinajstić information content (AvgIpc) is 2.46. The summed E-state index contributed by atoms with van der Waals surface area (Å²) in [6.07, 6.45) is 0. The van der Waals surface area contributed by atoms with Crippen LogP contribution in [0.5, 0.6) is 5.75 Å². The molecule has 0 aliphatic carbocycles. The number of ether oxygens (including phenoxy) is 2. The van der Waals surface area contributed by atoms with E-state index in [2.05, 4.69) is 10.2 Å². The van der Waals surface area contributed by atoms with E-state index in [1.807, 2.05) is 26.1 Å². The van der Waals surface area contributed by atoms with Gasteiger partial charge in [-0.1, -0.05) is 6.07 Å². The van der Waals surface area contributed by atoms with E-state index in [0.717, 1.165) is 24.3 Å². The molecule has 5 heteroatoms. The number of phenols is 1. The number of anilines is 1. The van der Waals surface area contributed by atoms with Crippen molar-refractivity contribution < 1.29 is 14.6 Å². The van der Waals surface area contributed by atoms with Crippen LogP contribution in [0.15, 0.2) is 18.2 Å². The third kappa shape index (κ3) is 4.67. The summed E-state index contributed by atoms with van der Waals surface area (Å²) >= 11 is 0. The van der Waals surface area contributed by atoms with Crippen LogP contribution >= 0.6 is 0 Å². The highest BCUT2D eigenvalue weighted by Crippen LogP contribution is 2.28. The van der Waals surface area contributed by atoms with E-state index < -0.39 is 0 Å². The number of methoxy groups -OCH3 is 2. The van der Waals surface area contributed by atoms with Crippen LogP contribution in [0.3, 0.4) is 0 Å². The Labute approximate surface area is 121 Å². The van der Waals surface area contributed by atoms with Crippen LogP contribution in [-0.4, -0.2) is 52.7 Å². The number of phenolic OH excluding ortho intramolecular Hbond substituents is 1. The fourth-order valence-corrected chi connectivity index (χ4v) is 2.02. The van der Waals surface area contributed by atoms with E-state index in [4.69, 9.17) is 9.47 Å². The van der Waals surface area contributed by atoms with Gasteiger partial charge in [-0.2, -0.15) is 0 Å². The van der Waals surface area contributed by atoms with Crippen LogP contribution in [0.1, 0.15) is 18.5 Å². The van der Waals surface area contributed by atoms with Crippen LogP contribution < -0.4 is 10.2 Å². The number of hydrogen-bond donors (Lipinski definition) is 2. The van der Waals surface area contributed by atoms with Gasteiger partial charge in [0, 0.05) is 50.7 Å². The molecule has 0 bridgehead atoms. The van der Waals surface area contributed by atoms with Gasteiger partial charge in [-0.15, -0.1) is 0 Å². The molecule has 1 atom stereocenters. The Balaban J connectivity index is 2.87. The lowest BCUT2D eigenvalue weighted by atomic mass is 10.1. The Hall–Kier alpha value is -1.30. The maximum absolute atomic E-state index is 10.2. The second kappa shape index (κ2) is 8.79. The number of rotatable bonds is 9. The molecule has 2 N–H and O–H groups in total. The van der Waals surface area contributed by atoms with Crippen molar-refractivity contribution in [3.63, 3.8) is 0 Å². The summed E-state index contributed by atoms with van der Waals surface area (Å²) < 4.78 is 10.3. The van der Waals surface area contributed by atoms with Crippen molar-refractivity contribution >= 4 is 5.69 Å². The molecule has 5 nitrogen and oxygen atoms in total. The maximum Gasteiger partial charge on any atom is 0.122 e. The third-order valence-electron chi connectivity index (χ3n) is 3.41. The smallest absolute Gasteiger partial charge is 0.122 e. The predicted molar refractivity (Wildman–Crippen MR) is 81.5 cm³/mol. The van der Waals surface area contributed by atoms with Gasteiger partial charge < -0.3 is 24.8 Å². The SMILES string of the molecule is CNC(C)c1ccc(N(CCOC)CCOC)cc1O. The molecule has 1 rings (SSSR count). The Morgan fingerprint density at radius 2 is 1.80 bits per heavy atom. The summed E-state index contributed by atoms with van der Waals surface area (Å²) in [6.45, 7) is 4.82. The van der Waals surface area contributed by atoms with Crippen LogP contribution in [0.4, 0.5) is 5.69 Å². The lowest BCUT2D eigenvalue weighted by Gasteiger charge is -2.25. The first-order chi connectivity index (χ1) is 9.63. The van der Waals surface area contributed by atoms with Crippen molar-refractivity contribution in [3.8, 4) is 5.75 Å². The van der Waals surface area contributed by atoms with Crippen molar-refractivity contribution in [2.45, 2.75) is 13.0 Å². The monoisotopic (exact) mass is 282 g/mol. The van der Waals surface area contributed by atoms with Gasteiger partial charge in [0.15, 0.2) is 0 Å². The molecule has 1 unspecified atom stereocenters. The fourth-order valence-electron chi connectivity index (χ4n) is 2.02. The summed E-state index contributed by atoms with van der Waals surface area (Å²) in [4.78, 5) is 2.14. The number of nitrogens with one attached hydrogen (secondary N) is 1. The van der Waals surface area contributed by atoms with Crippen LogP contribution in [0.25, 0.3) is 0 Å². The molecular weight excluding hydrogens is 256 g/mol. The molecule has 20 heavy (non-hydrogen) atoms. The number of benzene rings is 1. The minimum absolute atomic E-state index is 0.121. The van der Waals surface area contributed by atoms with Gasteiger partial charge in [-0.05, 0) is 20.0 Å². The number of nitrogens with zero attached hydrogens (tertiary/aromatic N) is 1. The van der Waals surface area contributed by atoms with Gasteiger partial charge in [0.25, 0.3) is 0 Å². The topological polar surface area (TPSA) is 54.0 Å². The van der Waals surface area contributed by atoms with Gasteiger partial charge in [0.2, 0.25) is 0 Å². The zero-order valence-electron chi connectivity index (χ0n) is 12.8. The van der Waals surface area contributed by atoms with E-state index in [1.165, 1.54) is 0 Å². The zero-order valence-corrected chi connectivity index (χ0v) is 12.8. The largest absolute Gasteiger partial charge is 0.508 e. The second-order valence-electron chi connectivity index (χ2n) is 4.73. The minimum atomic E-state index is 0.121. The van der Waals surface area contributed by atoms with Gasteiger partial charge in [0.1, 0.15) is 5.75 Å². The molecule has 0 spiro atoms. The highest BCUT2D eigenvalue weighted by Gasteiger charge is 2.12. The first-order valence-electron chi connectivity index (χ1n) is 6.87. The van der Waals surface area contributed by atoms with Gasteiger partial charge >= 0.3 is 0 Å².